The second-order valence-electron chi connectivity index (χ2n) is 8.90. The van der Waals surface area contributed by atoms with Crippen LogP contribution in [0.4, 0.5) is 4.79 Å². The van der Waals surface area contributed by atoms with Crippen LogP contribution < -0.4 is 5.32 Å². The highest BCUT2D eigenvalue weighted by Crippen LogP contribution is 2.44. The third-order valence-electron chi connectivity index (χ3n) is 5.99. The van der Waals surface area contributed by atoms with E-state index in [1.54, 1.807) is 7.05 Å². The van der Waals surface area contributed by atoms with Crippen LogP contribution in [-0.4, -0.2) is 79.8 Å². The predicted octanol–water partition coefficient (Wildman–Crippen LogP) is 3.17. The lowest BCUT2D eigenvalue weighted by Gasteiger charge is -2.26. The molecule has 1 aliphatic carbocycles. The van der Waals surface area contributed by atoms with Gasteiger partial charge in [0.05, 0.1) is 0 Å². The number of aliphatic carboxylic acids is 1. The van der Waals surface area contributed by atoms with Gasteiger partial charge >= 0.3 is 12.1 Å². The maximum absolute atomic E-state index is 12.9. The van der Waals surface area contributed by atoms with Gasteiger partial charge in [0.2, 0.25) is 5.91 Å². The van der Waals surface area contributed by atoms with E-state index in [4.69, 9.17) is 9.84 Å². The summed E-state index contributed by atoms with van der Waals surface area (Å²) in [5.41, 5.74) is 4.55. The van der Waals surface area contributed by atoms with Crippen molar-refractivity contribution in [2.24, 2.45) is 0 Å². The number of carboxylic acids is 1. The van der Waals surface area contributed by atoms with E-state index in [0.717, 1.165) is 22.3 Å². The van der Waals surface area contributed by atoms with Crippen LogP contribution in [0.5, 0.6) is 0 Å². The Kier molecular flexibility index (Phi) is 8.65. The topological polar surface area (TPSA) is 99.2 Å². The maximum Gasteiger partial charge on any atom is 0.407 e. The summed E-state index contributed by atoms with van der Waals surface area (Å²) in [4.78, 5) is 39.7. The Bertz CT molecular complexity index is 978. The van der Waals surface area contributed by atoms with Crippen molar-refractivity contribution in [3.8, 4) is 11.1 Å². The van der Waals surface area contributed by atoms with Gasteiger partial charge in [-0.15, -0.1) is 0 Å². The summed E-state index contributed by atoms with van der Waals surface area (Å²) >= 11 is 0. The van der Waals surface area contributed by atoms with Crippen LogP contribution in [0.3, 0.4) is 0 Å². The summed E-state index contributed by atoms with van der Waals surface area (Å²) in [5.74, 6) is -1.15. The monoisotopic (exact) mass is 467 g/mol. The number of amides is 2. The largest absolute Gasteiger partial charge is 0.481 e. The predicted molar refractivity (Wildman–Crippen MR) is 130 cm³/mol. The van der Waals surface area contributed by atoms with Gasteiger partial charge in [0.25, 0.3) is 0 Å². The molecule has 0 spiro atoms. The number of hydrogen-bond donors (Lipinski definition) is 2. The van der Waals surface area contributed by atoms with Crippen LogP contribution in [0.15, 0.2) is 48.5 Å². The van der Waals surface area contributed by atoms with Crippen molar-refractivity contribution in [1.82, 2.24) is 15.1 Å². The molecule has 1 unspecified atom stereocenters. The van der Waals surface area contributed by atoms with Crippen molar-refractivity contribution in [2.75, 3.05) is 40.8 Å². The molecule has 182 valence electrons. The van der Waals surface area contributed by atoms with E-state index in [0.29, 0.717) is 25.9 Å². The summed E-state index contributed by atoms with van der Waals surface area (Å²) in [5, 5.41) is 11.5. The van der Waals surface area contributed by atoms with E-state index >= 15 is 0 Å². The van der Waals surface area contributed by atoms with Crippen LogP contribution in [0.1, 0.15) is 36.3 Å². The number of ether oxygens (including phenoxy) is 1. The molecule has 2 amide bonds. The highest BCUT2D eigenvalue weighted by atomic mass is 16.5. The van der Waals surface area contributed by atoms with Gasteiger partial charge in [-0.25, -0.2) is 4.79 Å². The number of carboxylic acid groups (broad SMARTS) is 1. The number of nitrogens with zero attached hydrogens (tertiary/aromatic N) is 2. The van der Waals surface area contributed by atoms with E-state index in [1.165, 1.54) is 4.90 Å². The Balaban J connectivity index is 1.60. The number of carbonyl (C=O) groups excluding carboxylic acids is 2. The van der Waals surface area contributed by atoms with Gasteiger partial charge in [0, 0.05) is 32.5 Å². The Hall–Kier alpha value is -3.39. The first kappa shape index (κ1) is 25.2. The normalized spacial score (nSPS) is 13.2. The van der Waals surface area contributed by atoms with Crippen molar-refractivity contribution < 1.29 is 24.2 Å². The number of unbranched alkanes of at least 4 members (excludes halogenated alkanes) is 1. The van der Waals surface area contributed by atoms with E-state index in [2.05, 4.69) is 29.6 Å². The molecule has 1 aliphatic rings. The van der Waals surface area contributed by atoms with Gasteiger partial charge in [0.15, 0.2) is 0 Å². The lowest BCUT2D eigenvalue weighted by molar-refractivity contribution is -0.137. The van der Waals surface area contributed by atoms with Gasteiger partial charge in [-0.2, -0.15) is 0 Å². The van der Waals surface area contributed by atoms with Crippen LogP contribution in [0.2, 0.25) is 0 Å². The molecule has 8 heteroatoms. The van der Waals surface area contributed by atoms with E-state index in [-0.39, 0.29) is 24.9 Å². The molecule has 0 aromatic heterocycles. The zero-order valence-electron chi connectivity index (χ0n) is 20.0. The number of fused-ring (bicyclic) bond motifs is 3. The number of hydrogen-bond acceptors (Lipinski definition) is 5. The second-order valence-corrected chi connectivity index (χ2v) is 8.90. The van der Waals surface area contributed by atoms with Crippen LogP contribution in [0, 0.1) is 0 Å². The molecule has 0 aliphatic heterocycles. The zero-order valence-corrected chi connectivity index (χ0v) is 20.0. The molecule has 2 aromatic rings. The fourth-order valence-electron chi connectivity index (χ4n) is 4.33. The summed E-state index contributed by atoms with van der Waals surface area (Å²) in [6, 6.07) is 15.5. The number of rotatable bonds is 11. The lowest BCUT2D eigenvalue weighted by Crippen LogP contribution is -2.52. The molecular formula is C26H33N3O5. The quantitative estimate of drug-likeness (QED) is 0.493. The van der Waals surface area contributed by atoms with Crippen molar-refractivity contribution in [3.63, 3.8) is 0 Å². The van der Waals surface area contributed by atoms with Crippen molar-refractivity contribution in [1.29, 1.82) is 0 Å². The maximum atomic E-state index is 12.9. The molecule has 0 saturated heterocycles. The first-order chi connectivity index (χ1) is 16.3. The number of carbonyl (C=O) groups is 3. The molecular weight excluding hydrogens is 434 g/mol. The third-order valence-corrected chi connectivity index (χ3v) is 5.99. The van der Waals surface area contributed by atoms with E-state index in [9.17, 15) is 14.4 Å². The van der Waals surface area contributed by atoms with Crippen molar-refractivity contribution in [3.05, 3.63) is 59.7 Å². The summed E-state index contributed by atoms with van der Waals surface area (Å²) in [6.45, 7) is 0.915. The minimum atomic E-state index is -0.851. The standard InChI is InChI=1S/C26H33N3O5/c1-28(2)16-23(25(32)29(3)15-9-8-14-24(30)31)27-26(33)34-17-22-20-12-6-4-10-18(20)19-11-5-7-13-21(19)22/h4-7,10-13,22-23H,8-9,14-17H2,1-3H3,(H,27,33)(H,30,31). The van der Waals surface area contributed by atoms with Gasteiger partial charge in [-0.3, -0.25) is 9.59 Å². The first-order valence-electron chi connectivity index (χ1n) is 11.5. The zero-order chi connectivity index (χ0) is 24.7. The van der Waals surface area contributed by atoms with Gasteiger partial charge < -0.3 is 25.0 Å². The van der Waals surface area contributed by atoms with E-state index in [1.807, 2.05) is 43.3 Å². The average Bonchev–Trinajstić information content (AvgIpc) is 3.13. The summed E-state index contributed by atoms with van der Waals surface area (Å²) < 4.78 is 5.60. The van der Waals surface area contributed by atoms with Gasteiger partial charge in [-0.05, 0) is 49.2 Å². The fourth-order valence-corrected chi connectivity index (χ4v) is 4.33. The molecule has 3 rings (SSSR count). The van der Waals surface area contributed by atoms with E-state index < -0.39 is 18.1 Å². The Morgan fingerprint density at radius 3 is 2.12 bits per heavy atom. The SMILES string of the molecule is CN(C)CC(NC(=O)OCC1c2ccccc2-c2ccccc21)C(=O)N(C)CCCCC(=O)O. The molecule has 8 nitrogen and oxygen atoms in total. The Morgan fingerprint density at radius 2 is 1.56 bits per heavy atom. The molecule has 0 heterocycles. The number of likely N-dealkylation sites (N-methyl/N-ethyl adjacent to an activating group) is 2. The smallest absolute Gasteiger partial charge is 0.407 e. The highest BCUT2D eigenvalue weighted by Gasteiger charge is 2.30. The molecule has 2 N–H and O–H groups in total. The average molecular weight is 468 g/mol. The highest BCUT2D eigenvalue weighted by molar-refractivity contribution is 5.86. The minimum Gasteiger partial charge on any atom is -0.481 e. The fraction of sp³-hybridized carbons (Fsp3) is 0.423. The molecule has 0 radical (unpaired) electrons. The molecule has 0 saturated carbocycles. The third kappa shape index (κ3) is 6.35. The van der Waals surface area contributed by atoms with Crippen LogP contribution in [0.25, 0.3) is 11.1 Å². The second kappa shape index (κ2) is 11.7. The van der Waals surface area contributed by atoms with Crippen molar-refractivity contribution in [2.45, 2.75) is 31.2 Å². The number of benzene rings is 2. The Morgan fingerprint density at radius 1 is 0.971 bits per heavy atom. The Labute approximate surface area is 200 Å². The molecule has 34 heavy (non-hydrogen) atoms. The summed E-state index contributed by atoms with van der Waals surface area (Å²) in [7, 11) is 5.31. The summed E-state index contributed by atoms with van der Waals surface area (Å²) in [6.07, 6.45) is 0.502. The van der Waals surface area contributed by atoms with Crippen LogP contribution >= 0.6 is 0 Å². The first-order valence-corrected chi connectivity index (χ1v) is 11.5. The molecule has 0 bridgehead atoms. The van der Waals surface area contributed by atoms with Crippen molar-refractivity contribution >= 4 is 18.0 Å². The lowest BCUT2D eigenvalue weighted by atomic mass is 9.98. The molecule has 2 aromatic carbocycles. The minimum absolute atomic E-state index is 0.0574. The van der Waals surface area contributed by atoms with Gasteiger partial charge in [0.1, 0.15) is 12.6 Å². The molecule has 1 atom stereocenters. The van der Waals surface area contributed by atoms with Gasteiger partial charge in [-0.1, -0.05) is 48.5 Å². The van der Waals surface area contributed by atoms with Crippen LogP contribution in [-0.2, 0) is 14.3 Å². The number of nitrogens with one attached hydrogen (secondary N) is 1. The number of alkyl carbamates (subject to hydrolysis) is 1. The molecule has 0 fully saturated rings.